The highest BCUT2D eigenvalue weighted by atomic mass is 35.5. The molecule has 0 rings (SSSR count). The maximum atomic E-state index is 11.3. The van der Waals surface area contributed by atoms with Gasteiger partial charge in [-0.05, 0) is 13.8 Å². The lowest BCUT2D eigenvalue weighted by Gasteiger charge is -2.21. The molecule has 1 N–H and O–H groups in total. The number of hydrogen-bond acceptors (Lipinski definition) is 1. The van der Waals surface area contributed by atoms with E-state index >= 15 is 0 Å². The minimum Gasteiger partial charge on any atom is -0.340 e. The fraction of sp³-hybridized carbons (Fsp3) is 0.667. The number of nitrogens with one attached hydrogen (secondary N) is 1. The normalized spacial score (nSPS) is 13.2. The SMILES string of the molecule is C#CC(C)(C)NC(=O)C(C)CCl. The number of hydrogen-bond donors (Lipinski definition) is 1. The van der Waals surface area contributed by atoms with E-state index in [-0.39, 0.29) is 11.8 Å². The molecule has 0 aliphatic carbocycles. The number of carbonyl (C=O) groups is 1. The van der Waals surface area contributed by atoms with Gasteiger partial charge in [0.2, 0.25) is 5.91 Å². The first-order valence-corrected chi connectivity index (χ1v) is 4.32. The predicted molar refractivity (Wildman–Crippen MR) is 50.9 cm³/mol. The third-order valence-electron chi connectivity index (χ3n) is 1.48. The summed E-state index contributed by atoms with van der Waals surface area (Å²) in [4.78, 5) is 11.3. The Hall–Kier alpha value is -0.680. The highest BCUT2D eigenvalue weighted by molar-refractivity contribution is 6.19. The largest absolute Gasteiger partial charge is 0.340 e. The van der Waals surface area contributed by atoms with Crippen molar-refractivity contribution in [3.05, 3.63) is 0 Å². The monoisotopic (exact) mass is 187 g/mol. The van der Waals surface area contributed by atoms with Crippen LogP contribution in [0, 0.1) is 18.3 Å². The number of rotatable bonds is 3. The van der Waals surface area contributed by atoms with E-state index in [1.807, 2.05) is 0 Å². The molecule has 0 spiro atoms. The topological polar surface area (TPSA) is 29.1 Å². The van der Waals surface area contributed by atoms with E-state index in [9.17, 15) is 4.79 Å². The smallest absolute Gasteiger partial charge is 0.225 e. The van der Waals surface area contributed by atoms with E-state index in [4.69, 9.17) is 18.0 Å². The van der Waals surface area contributed by atoms with Crippen molar-refractivity contribution in [2.24, 2.45) is 5.92 Å². The molecule has 1 amide bonds. The summed E-state index contributed by atoms with van der Waals surface area (Å²) in [5, 5.41) is 2.70. The Labute approximate surface area is 78.7 Å². The van der Waals surface area contributed by atoms with E-state index < -0.39 is 5.54 Å². The van der Waals surface area contributed by atoms with E-state index in [1.54, 1.807) is 20.8 Å². The summed E-state index contributed by atoms with van der Waals surface area (Å²) in [6, 6.07) is 0. The van der Waals surface area contributed by atoms with Gasteiger partial charge in [0.05, 0.1) is 5.54 Å². The van der Waals surface area contributed by atoms with Crippen LogP contribution in [0.4, 0.5) is 0 Å². The third-order valence-corrected chi connectivity index (χ3v) is 1.94. The molecule has 0 aromatic rings. The number of halogens is 1. The zero-order valence-electron chi connectivity index (χ0n) is 7.65. The maximum Gasteiger partial charge on any atom is 0.225 e. The molecule has 0 saturated heterocycles. The van der Waals surface area contributed by atoms with E-state index in [0.717, 1.165) is 0 Å². The summed E-state index contributed by atoms with van der Waals surface area (Å²) in [7, 11) is 0. The first kappa shape index (κ1) is 11.3. The molecule has 2 nitrogen and oxygen atoms in total. The van der Waals surface area contributed by atoms with Crippen LogP contribution in [0.5, 0.6) is 0 Å². The predicted octanol–water partition coefficient (Wildman–Crippen LogP) is 1.39. The van der Waals surface area contributed by atoms with Gasteiger partial charge in [-0.3, -0.25) is 4.79 Å². The van der Waals surface area contributed by atoms with Gasteiger partial charge >= 0.3 is 0 Å². The Morgan fingerprint density at radius 2 is 2.25 bits per heavy atom. The first-order chi connectivity index (χ1) is 5.43. The summed E-state index contributed by atoms with van der Waals surface area (Å²) in [6.07, 6.45) is 5.20. The number of alkyl halides is 1. The van der Waals surface area contributed by atoms with E-state index in [2.05, 4.69) is 11.2 Å². The average Bonchev–Trinajstić information content (AvgIpc) is 2.02. The van der Waals surface area contributed by atoms with Gasteiger partial charge in [-0.2, -0.15) is 0 Å². The van der Waals surface area contributed by atoms with E-state index in [0.29, 0.717) is 5.88 Å². The van der Waals surface area contributed by atoms with Crippen LogP contribution in [-0.4, -0.2) is 17.3 Å². The number of carbonyl (C=O) groups excluding carboxylic acids is 1. The van der Waals surface area contributed by atoms with Crippen molar-refractivity contribution in [1.29, 1.82) is 0 Å². The zero-order valence-corrected chi connectivity index (χ0v) is 8.40. The van der Waals surface area contributed by atoms with Crippen LogP contribution in [0.1, 0.15) is 20.8 Å². The van der Waals surface area contributed by atoms with Gasteiger partial charge in [-0.15, -0.1) is 18.0 Å². The molecule has 0 aromatic heterocycles. The number of terminal acetylenes is 1. The van der Waals surface area contributed by atoms with Crippen LogP contribution in [0.3, 0.4) is 0 Å². The Bertz CT molecular complexity index is 205. The molecule has 3 heteroatoms. The molecule has 68 valence electrons. The first-order valence-electron chi connectivity index (χ1n) is 3.78. The Balaban J connectivity index is 4.12. The molecule has 12 heavy (non-hydrogen) atoms. The van der Waals surface area contributed by atoms with Gasteiger partial charge in [0.15, 0.2) is 0 Å². The standard InChI is InChI=1S/C9H14ClNO/c1-5-9(3,4)11-8(12)7(2)6-10/h1,7H,6H2,2-4H3,(H,11,12). The Kier molecular flexibility index (Phi) is 4.12. The molecule has 0 radical (unpaired) electrons. The second-order valence-corrected chi connectivity index (χ2v) is 3.62. The van der Waals surface area contributed by atoms with Gasteiger partial charge in [0.1, 0.15) is 0 Å². The molecule has 0 aliphatic heterocycles. The molecule has 0 fully saturated rings. The summed E-state index contributed by atoms with van der Waals surface area (Å²) in [5.74, 6) is 2.49. The minimum atomic E-state index is -0.586. The molecule has 0 heterocycles. The molecule has 0 bridgehead atoms. The van der Waals surface area contributed by atoms with Gasteiger partial charge < -0.3 is 5.32 Å². The van der Waals surface area contributed by atoms with Crippen molar-refractivity contribution in [3.63, 3.8) is 0 Å². The van der Waals surface area contributed by atoms with Crippen molar-refractivity contribution < 1.29 is 4.79 Å². The van der Waals surface area contributed by atoms with Crippen molar-refractivity contribution in [1.82, 2.24) is 5.32 Å². The quantitative estimate of drug-likeness (QED) is 0.525. The van der Waals surface area contributed by atoms with Crippen LogP contribution in [0.25, 0.3) is 0 Å². The van der Waals surface area contributed by atoms with Crippen LogP contribution < -0.4 is 5.32 Å². The highest BCUT2D eigenvalue weighted by Gasteiger charge is 2.20. The molecule has 1 unspecified atom stereocenters. The molecule has 0 saturated carbocycles. The molecular formula is C9H14ClNO. The van der Waals surface area contributed by atoms with Crippen LogP contribution in [0.2, 0.25) is 0 Å². The van der Waals surface area contributed by atoms with Gasteiger partial charge in [-0.25, -0.2) is 0 Å². The Morgan fingerprint density at radius 1 is 1.75 bits per heavy atom. The molecular weight excluding hydrogens is 174 g/mol. The summed E-state index contributed by atoms with van der Waals surface area (Å²) in [5.41, 5.74) is -0.586. The fourth-order valence-electron chi connectivity index (χ4n) is 0.537. The summed E-state index contributed by atoms with van der Waals surface area (Å²) in [6.45, 7) is 5.30. The van der Waals surface area contributed by atoms with Gasteiger partial charge in [0.25, 0.3) is 0 Å². The van der Waals surface area contributed by atoms with Crippen molar-refractivity contribution in [2.45, 2.75) is 26.3 Å². The summed E-state index contributed by atoms with van der Waals surface area (Å²) < 4.78 is 0. The van der Waals surface area contributed by atoms with Crippen molar-refractivity contribution >= 4 is 17.5 Å². The second kappa shape index (κ2) is 4.37. The van der Waals surface area contributed by atoms with E-state index in [1.165, 1.54) is 0 Å². The lowest BCUT2D eigenvalue weighted by Crippen LogP contribution is -2.44. The lowest BCUT2D eigenvalue weighted by atomic mass is 10.1. The highest BCUT2D eigenvalue weighted by Crippen LogP contribution is 2.03. The third kappa shape index (κ3) is 3.64. The van der Waals surface area contributed by atoms with Crippen LogP contribution in [0.15, 0.2) is 0 Å². The molecule has 0 aromatic carbocycles. The van der Waals surface area contributed by atoms with Gasteiger partial charge in [0, 0.05) is 11.8 Å². The Morgan fingerprint density at radius 3 is 2.58 bits per heavy atom. The van der Waals surface area contributed by atoms with Gasteiger partial charge in [-0.1, -0.05) is 12.8 Å². The van der Waals surface area contributed by atoms with Crippen molar-refractivity contribution in [3.8, 4) is 12.3 Å². The fourth-order valence-corrected chi connectivity index (χ4v) is 0.678. The van der Waals surface area contributed by atoms with Crippen LogP contribution >= 0.6 is 11.6 Å². The average molecular weight is 188 g/mol. The second-order valence-electron chi connectivity index (χ2n) is 3.31. The minimum absolute atomic E-state index is 0.104. The summed E-state index contributed by atoms with van der Waals surface area (Å²) >= 11 is 5.51. The van der Waals surface area contributed by atoms with Crippen LogP contribution in [-0.2, 0) is 4.79 Å². The lowest BCUT2D eigenvalue weighted by molar-refractivity contribution is -0.124. The molecule has 0 aliphatic rings. The molecule has 1 atom stereocenters. The maximum absolute atomic E-state index is 11.3. The zero-order chi connectivity index (χ0) is 9.78. The van der Waals surface area contributed by atoms with Crippen molar-refractivity contribution in [2.75, 3.05) is 5.88 Å². The number of amides is 1.